The maximum Gasteiger partial charge on any atom is 0.201 e. The topological polar surface area (TPSA) is 38.7 Å². The molecule has 0 aliphatic carbocycles. The zero-order chi connectivity index (χ0) is 13.2. The Morgan fingerprint density at radius 3 is 1.76 bits per heavy atom. The number of hydrogen-bond donors (Lipinski definition) is 1. The predicted octanol–water partition coefficient (Wildman–Crippen LogP) is 2.94. The number of ether oxygens (including phenoxy) is 1. The molecule has 1 fully saturated rings. The summed E-state index contributed by atoms with van der Waals surface area (Å²) in [4.78, 5) is 0. The largest absolute Gasteiger partial charge is 0.408 e. The van der Waals surface area contributed by atoms with Gasteiger partial charge in [-0.05, 0) is 16.6 Å². The summed E-state index contributed by atoms with van der Waals surface area (Å²) in [6, 6.07) is 0. The molecule has 2 atom stereocenters. The fourth-order valence-corrected chi connectivity index (χ4v) is 8.87. The van der Waals surface area contributed by atoms with Crippen LogP contribution in [0.15, 0.2) is 0 Å². The van der Waals surface area contributed by atoms with Gasteiger partial charge in [-0.15, -0.1) is 0 Å². The third-order valence-electron chi connectivity index (χ3n) is 4.06. The molecule has 1 aliphatic heterocycles. The molecule has 1 saturated heterocycles. The molecule has 4 heteroatoms. The molecule has 0 unspecified atom stereocenters. The molecule has 1 heterocycles. The Hall–Kier alpha value is 0.0969. The first-order valence-corrected chi connectivity index (χ1v) is 8.90. The highest BCUT2D eigenvalue weighted by Crippen LogP contribution is 2.43. The van der Waals surface area contributed by atoms with E-state index in [9.17, 15) is 5.11 Å². The Bertz CT molecular complexity index is 219. The zero-order valence-corrected chi connectivity index (χ0v) is 13.1. The average Bonchev–Trinajstić information content (AvgIpc) is 2.58. The van der Waals surface area contributed by atoms with Crippen molar-refractivity contribution in [2.75, 3.05) is 13.2 Å². The molecule has 1 rings (SSSR count). The Morgan fingerprint density at radius 1 is 1.00 bits per heavy atom. The molecule has 0 saturated carbocycles. The summed E-state index contributed by atoms with van der Waals surface area (Å²) < 4.78 is 11.8. The Balaban J connectivity index is 2.89. The molecule has 1 N–H and O–H groups in total. The van der Waals surface area contributed by atoms with Crippen molar-refractivity contribution in [2.24, 2.45) is 0 Å². The Labute approximate surface area is 107 Å². The molecule has 3 nitrogen and oxygen atoms in total. The van der Waals surface area contributed by atoms with Gasteiger partial charge in [0.05, 0.1) is 19.3 Å². The molecule has 0 aromatic carbocycles. The zero-order valence-electron chi connectivity index (χ0n) is 12.1. The fraction of sp³-hybridized carbons (Fsp3) is 1.00. The van der Waals surface area contributed by atoms with Crippen molar-refractivity contribution >= 4 is 8.32 Å². The van der Waals surface area contributed by atoms with Gasteiger partial charge in [-0.2, -0.15) is 0 Å². The van der Waals surface area contributed by atoms with E-state index >= 15 is 0 Å². The molecule has 1 aliphatic rings. The van der Waals surface area contributed by atoms with Crippen LogP contribution in [0.2, 0.25) is 16.6 Å². The highest BCUT2D eigenvalue weighted by atomic mass is 28.4. The van der Waals surface area contributed by atoms with Gasteiger partial charge < -0.3 is 14.3 Å². The molecule has 0 bridgehead atoms. The minimum absolute atomic E-state index is 0.117. The molecule has 0 radical (unpaired) electrons. The Morgan fingerprint density at radius 2 is 1.47 bits per heavy atom. The van der Waals surface area contributed by atoms with Crippen LogP contribution in [-0.4, -0.2) is 38.8 Å². The van der Waals surface area contributed by atoms with E-state index in [1.54, 1.807) is 0 Å². The second-order valence-corrected chi connectivity index (χ2v) is 11.5. The van der Waals surface area contributed by atoms with E-state index < -0.39 is 14.4 Å². The number of hydrogen-bond acceptors (Lipinski definition) is 3. The van der Waals surface area contributed by atoms with Crippen LogP contribution in [0.25, 0.3) is 0 Å². The van der Waals surface area contributed by atoms with Gasteiger partial charge in [0.15, 0.2) is 0 Å². The molecule has 0 spiro atoms. The summed E-state index contributed by atoms with van der Waals surface area (Å²) in [6.45, 7) is 14.5. The first kappa shape index (κ1) is 15.2. The van der Waals surface area contributed by atoms with Crippen LogP contribution >= 0.6 is 0 Å². The number of aliphatic hydroxyl groups is 1. The smallest absolute Gasteiger partial charge is 0.201 e. The quantitative estimate of drug-likeness (QED) is 0.772. The first-order valence-electron chi connectivity index (χ1n) is 6.76. The SMILES string of the molecule is CC(C)[Si](O[C@@H]1COC[C@@H]1O)(C(C)C)C(C)C. The van der Waals surface area contributed by atoms with Crippen molar-refractivity contribution < 1.29 is 14.3 Å². The van der Waals surface area contributed by atoms with Gasteiger partial charge in [-0.25, -0.2) is 0 Å². The lowest BCUT2D eigenvalue weighted by atomic mass is 10.3. The van der Waals surface area contributed by atoms with Gasteiger partial charge in [-0.3, -0.25) is 0 Å². The highest BCUT2D eigenvalue weighted by Gasteiger charge is 2.48. The summed E-state index contributed by atoms with van der Waals surface area (Å²) in [7, 11) is -1.87. The van der Waals surface area contributed by atoms with Crippen LogP contribution in [0.3, 0.4) is 0 Å². The average molecular weight is 260 g/mol. The van der Waals surface area contributed by atoms with E-state index in [1.807, 2.05) is 0 Å². The van der Waals surface area contributed by atoms with Crippen molar-refractivity contribution in [3.05, 3.63) is 0 Å². The van der Waals surface area contributed by atoms with Crippen LogP contribution in [0, 0.1) is 0 Å². The highest BCUT2D eigenvalue weighted by molar-refractivity contribution is 6.77. The van der Waals surface area contributed by atoms with Crippen LogP contribution in [-0.2, 0) is 9.16 Å². The summed E-state index contributed by atoms with van der Waals surface area (Å²) in [5.74, 6) is 0. The second-order valence-electron chi connectivity index (χ2n) is 6.08. The van der Waals surface area contributed by atoms with Gasteiger partial charge in [-0.1, -0.05) is 41.5 Å². The lowest BCUT2D eigenvalue weighted by Gasteiger charge is -2.44. The van der Waals surface area contributed by atoms with E-state index in [4.69, 9.17) is 9.16 Å². The van der Waals surface area contributed by atoms with Crippen LogP contribution in [0.5, 0.6) is 0 Å². The van der Waals surface area contributed by atoms with E-state index in [0.717, 1.165) is 0 Å². The minimum atomic E-state index is -1.87. The number of aliphatic hydroxyl groups excluding tert-OH is 1. The molecule has 17 heavy (non-hydrogen) atoms. The van der Waals surface area contributed by atoms with Crippen molar-refractivity contribution in [3.63, 3.8) is 0 Å². The summed E-state index contributed by atoms with van der Waals surface area (Å²) in [5.41, 5.74) is 1.65. The van der Waals surface area contributed by atoms with Crippen LogP contribution in [0.1, 0.15) is 41.5 Å². The van der Waals surface area contributed by atoms with E-state index in [1.165, 1.54) is 0 Å². The maximum atomic E-state index is 9.87. The Kier molecular flexibility index (Phi) is 5.19. The third kappa shape index (κ3) is 2.92. The maximum absolute atomic E-state index is 9.87. The lowest BCUT2D eigenvalue weighted by molar-refractivity contribution is 0.0613. The summed E-state index contributed by atoms with van der Waals surface area (Å²) >= 11 is 0. The third-order valence-corrected chi connectivity index (χ3v) is 10.2. The van der Waals surface area contributed by atoms with Crippen molar-refractivity contribution in [3.8, 4) is 0 Å². The monoisotopic (exact) mass is 260 g/mol. The predicted molar refractivity (Wildman–Crippen MR) is 72.7 cm³/mol. The van der Waals surface area contributed by atoms with Gasteiger partial charge in [0.2, 0.25) is 8.32 Å². The standard InChI is InChI=1S/C13H28O3Si/c1-9(2)17(10(3)4,11(5)6)16-13-8-15-7-12(13)14/h9-14H,7-8H2,1-6H3/t12-,13+/m0/s1. The van der Waals surface area contributed by atoms with E-state index in [-0.39, 0.29) is 6.10 Å². The van der Waals surface area contributed by atoms with E-state index in [0.29, 0.717) is 29.8 Å². The van der Waals surface area contributed by atoms with Crippen molar-refractivity contribution in [1.82, 2.24) is 0 Å². The fourth-order valence-electron chi connectivity index (χ4n) is 3.31. The van der Waals surface area contributed by atoms with Gasteiger partial charge >= 0.3 is 0 Å². The molecular formula is C13H28O3Si. The molecule has 0 aromatic heterocycles. The van der Waals surface area contributed by atoms with Gasteiger partial charge in [0, 0.05) is 0 Å². The summed E-state index contributed by atoms with van der Waals surface area (Å²) in [6.07, 6.45) is -0.563. The summed E-state index contributed by atoms with van der Waals surface area (Å²) in [5, 5.41) is 9.87. The van der Waals surface area contributed by atoms with Gasteiger partial charge in [0.1, 0.15) is 6.10 Å². The first-order chi connectivity index (χ1) is 7.82. The van der Waals surface area contributed by atoms with Gasteiger partial charge in [0.25, 0.3) is 0 Å². The normalized spacial score (nSPS) is 26.5. The second kappa shape index (κ2) is 5.82. The van der Waals surface area contributed by atoms with Crippen LogP contribution in [0.4, 0.5) is 0 Å². The number of rotatable bonds is 5. The van der Waals surface area contributed by atoms with Crippen molar-refractivity contribution in [2.45, 2.75) is 70.4 Å². The molecule has 0 amide bonds. The minimum Gasteiger partial charge on any atom is -0.408 e. The van der Waals surface area contributed by atoms with E-state index in [2.05, 4.69) is 41.5 Å². The lowest BCUT2D eigenvalue weighted by Crippen LogP contribution is -2.52. The molecule has 0 aromatic rings. The van der Waals surface area contributed by atoms with Crippen molar-refractivity contribution in [1.29, 1.82) is 0 Å². The molecule has 102 valence electrons. The molecular weight excluding hydrogens is 232 g/mol. The van der Waals surface area contributed by atoms with Crippen LogP contribution < -0.4 is 0 Å².